The number of nitrogens with one attached hydrogen (secondary N) is 2. The molecule has 0 aliphatic carbocycles. The van der Waals surface area contributed by atoms with E-state index in [9.17, 15) is 14.4 Å². The SMILES string of the molecule is Cc1cc(NC(=O)COC(=O)CCC(=O)Nc2cccc3ccccc23)ccc1Br. The average molecular weight is 469 g/mol. The maximum atomic E-state index is 12.2. The predicted octanol–water partition coefficient (Wildman–Crippen LogP) is 4.81. The van der Waals surface area contributed by atoms with Crippen LogP contribution in [-0.4, -0.2) is 24.4 Å². The van der Waals surface area contributed by atoms with Gasteiger partial charge in [0, 0.05) is 27.7 Å². The quantitative estimate of drug-likeness (QED) is 0.487. The Balaban J connectivity index is 1.43. The van der Waals surface area contributed by atoms with Gasteiger partial charge in [0.1, 0.15) is 0 Å². The lowest BCUT2D eigenvalue weighted by Gasteiger charge is -2.09. The van der Waals surface area contributed by atoms with Gasteiger partial charge in [-0.25, -0.2) is 0 Å². The van der Waals surface area contributed by atoms with E-state index in [2.05, 4.69) is 26.6 Å². The van der Waals surface area contributed by atoms with Crippen LogP contribution >= 0.6 is 15.9 Å². The van der Waals surface area contributed by atoms with E-state index >= 15 is 0 Å². The molecule has 0 atom stereocenters. The van der Waals surface area contributed by atoms with E-state index in [1.54, 1.807) is 12.1 Å². The second-order valence-corrected chi connectivity index (χ2v) is 7.60. The molecule has 7 heteroatoms. The summed E-state index contributed by atoms with van der Waals surface area (Å²) in [5, 5.41) is 7.42. The zero-order valence-electron chi connectivity index (χ0n) is 16.4. The van der Waals surface area contributed by atoms with Crippen LogP contribution in [0.2, 0.25) is 0 Å². The molecule has 0 bridgehead atoms. The Morgan fingerprint density at radius 2 is 1.67 bits per heavy atom. The third-order valence-corrected chi connectivity index (χ3v) is 5.32. The number of fused-ring (bicyclic) bond motifs is 1. The van der Waals surface area contributed by atoms with Crippen LogP contribution in [-0.2, 0) is 19.1 Å². The lowest BCUT2D eigenvalue weighted by atomic mass is 10.1. The van der Waals surface area contributed by atoms with Gasteiger partial charge in [0.2, 0.25) is 5.91 Å². The molecule has 0 unspecified atom stereocenters. The first-order valence-electron chi connectivity index (χ1n) is 9.41. The Hall–Kier alpha value is -3.19. The predicted molar refractivity (Wildman–Crippen MR) is 120 cm³/mol. The van der Waals surface area contributed by atoms with E-state index in [4.69, 9.17) is 4.74 Å². The number of amides is 2. The molecule has 2 amide bonds. The number of halogens is 1. The van der Waals surface area contributed by atoms with Crippen LogP contribution in [0.15, 0.2) is 65.1 Å². The zero-order chi connectivity index (χ0) is 21.5. The summed E-state index contributed by atoms with van der Waals surface area (Å²) in [7, 11) is 0. The lowest BCUT2D eigenvalue weighted by molar-refractivity contribution is -0.147. The third-order valence-electron chi connectivity index (χ3n) is 4.43. The van der Waals surface area contributed by atoms with E-state index in [-0.39, 0.29) is 18.7 Å². The number of esters is 1. The van der Waals surface area contributed by atoms with Crippen LogP contribution in [0.5, 0.6) is 0 Å². The van der Waals surface area contributed by atoms with E-state index < -0.39 is 18.5 Å². The first-order chi connectivity index (χ1) is 14.4. The van der Waals surface area contributed by atoms with Crippen LogP contribution in [0.3, 0.4) is 0 Å². The second kappa shape index (κ2) is 10.0. The first-order valence-corrected chi connectivity index (χ1v) is 10.2. The normalized spacial score (nSPS) is 10.5. The molecule has 0 aromatic heterocycles. The molecule has 0 heterocycles. The van der Waals surface area contributed by atoms with Gasteiger partial charge in [-0.05, 0) is 42.1 Å². The topological polar surface area (TPSA) is 84.5 Å². The summed E-state index contributed by atoms with van der Waals surface area (Å²) in [6.45, 7) is 1.50. The van der Waals surface area contributed by atoms with Crippen LogP contribution < -0.4 is 10.6 Å². The molecule has 30 heavy (non-hydrogen) atoms. The molecule has 3 aromatic rings. The molecule has 0 radical (unpaired) electrons. The summed E-state index contributed by atoms with van der Waals surface area (Å²) < 4.78 is 5.90. The van der Waals surface area contributed by atoms with Crippen molar-refractivity contribution in [3.05, 3.63) is 70.7 Å². The number of carbonyl (C=O) groups excluding carboxylic acids is 3. The van der Waals surface area contributed by atoms with Crippen molar-refractivity contribution in [1.29, 1.82) is 0 Å². The first kappa shape index (κ1) is 21.5. The monoisotopic (exact) mass is 468 g/mol. The van der Waals surface area contributed by atoms with Crippen molar-refractivity contribution in [2.24, 2.45) is 0 Å². The molecule has 3 rings (SSSR count). The molecular weight excluding hydrogens is 448 g/mol. The van der Waals surface area contributed by atoms with Crippen molar-refractivity contribution in [1.82, 2.24) is 0 Å². The molecule has 154 valence electrons. The van der Waals surface area contributed by atoms with Crippen LogP contribution in [0, 0.1) is 6.92 Å². The Bertz CT molecular complexity index is 1090. The average Bonchev–Trinajstić information content (AvgIpc) is 2.74. The number of hydrogen-bond donors (Lipinski definition) is 2. The van der Waals surface area contributed by atoms with Crippen molar-refractivity contribution in [3.63, 3.8) is 0 Å². The molecular formula is C23H21BrN2O4. The number of benzene rings is 3. The highest BCUT2D eigenvalue weighted by Gasteiger charge is 2.12. The highest BCUT2D eigenvalue weighted by molar-refractivity contribution is 9.10. The molecule has 0 aliphatic rings. The fourth-order valence-electron chi connectivity index (χ4n) is 2.90. The van der Waals surface area contributed by atoms with Gasteiger partial charge in [0.05, 0.1) is 6.42 Å². The minimum absolute atomic E-state index is 0.0322. The van der Waals surface area contributed by atoms with E-state index in [1.807, 2.05) is 55.5 Å². The fourth-order valence-corrected chi connectivity index (χ4v) is 3.15. The van der Waals surface area contributed by atoms with E-state index in [0.29, 0.717) is 11.4 Å². The Labute approximate surface area is 182 Å². The standard InChI is InChI=1S/C23H21BrN2O4/c1-15-13-17(9-10-19(15)24)25-22(28)14-30-23(29)12-11-21(27)26-20-8-4-6-16-5-2-3-7-18(16)20/h2-10,13H,11-12,14H2,1H3,(H,25,28)(H,26,27). The van der Waals surface area contributed by atoms with Crippen LogP contribution in [0.25, 0.3) is 10.8 Å². The molecule has 0 fully saturated rings. The number of anilines is 2. The third kappa shape index (κ3) is 5.90. The largest absolute Gasteiger partial charge is 0.456 e. The Kier molecular flexibility index (Phi) is 7.19. The van der Waals surface area contributed by atoms with Crippen LogP contribution in [0.1, 0.15) is 18.4 Å². The number of hydrogen-bond acceptors (Lipinski definition) is 4. The maximum Gasteiger partial charge on any atom is 0.306 e. The Morgan fingerprint density at radius 1 is 0.900 bits per heavy atom. The van der Waals surface area contributed by atoms with E-state index in [0.717, 1.165) is 20.8 Å². The van der Waals surface area contributed by atoms with Crippen LogP contribution in [0.4, 0.5) is 11.4 Å². The number of carbonyl (C=O) groups is 3. The molecule has 3 aromatic carbocycles. The number of ether oxygens (including phenoxy) is 1. The van der Waals surface area contributed by atoms with Crippen molar-refractivity contribution in [2.75, 3.05) is 17.2 Å². The van der Waals surface area contributed by atoms with E-state index in [1.165, 1.54) is 0 Å². The molecule has 0 aliphatic heterocycles. The molecule has 2 N–H and O–H groups in total. The van der Waals surface area contributed by atoms with Gasteiger partial charge in [-0.1, -0.05) is 52.3 Å². The second-order valence-electron chi connectivity index (χ2n) is 6.75. The Morgan fingerprint density at radius 3 is 2.47 bits per heavy atom. The minimum Gasteiger partial charge on any atom is -0.456 e. The summed E-state index contributed by atoms with van der Waals surface area (Å²) >= 11 is 3.39. The fraction of sp³-hybridized carbons (Fsp3) is 0.174. The zero-order valence-corrected chi connectivity index (χ0v) is 18.0. The summed E-state index contributed by atoms with van der Waals surface area (Å²) in [5.41, 5.74) is 2.28. The van der Waals surface area contributed by atoms with Gasteiger partial charge in [-0.15, -0.1) is 0 Å². The van der Waals surface area contributed by atoms with Crippen molar-refractivity contribution >= 4 is 55.9 Å². The van der Waals surface area contributed by atoms with Crippen molar-refractivity contribution in [2.45, 2.75) is 19.8 Å². The van der Waals surface area contributed by atoms with Crippen molar-refractivity contribution in [3.8, 4) is 0 Å². The molecule has 0 saturated heterocycles. The summed E-state index contributed by atoms with van der Waals surface area (Å²) in [6.07, 6.45) is -0.142. The van der Waals surface area contributed by atoms with Gasteiger partial charge < -0.3 is 15.4 Å². The van der Waals surface area contributed by atoms with Gasteiger partial charge >= 0.3 is 5.97 Å². The van der Waals surface area contributed by atoms with Gasteiger partial charge in [0.25, 0.3) is 5.91 Å². The minimum atomic E-state index is -0.606. The number of aryl methyl sites for hydroxylation is 1. The van der Waals surface area contributed by atoms with Gasteiger partial charge in [0.15, 0.2) is 6.61 Å². The highest BCUT2D eigenvalue weighted by atomic mass is 79.9. The molecule has 0 saturated carbocycles. The summed E-state index contributed by atoms with van der Waals surface area (Å²) in [5.74, 6) is -1.34. The maximum absolute atomic E-state index is 12.2. The molecule has 0 spiro atoms. The summed E-state index contributed by atoms with van der Waals surface area (Å²) in [6, 6.07) is 18.7. The lowest BCUT2D eigenvalue weighted by Crippen LogP contribution is -2.21. The van der Waals surface area contributed by atoms with Gasteiger partial charge in [-0.2, -0.15) is 0 Å². The smallest absolute Gasteiger partial charge is 0.306 e. The van der Waals surface area contributed by atoms with Crippen molar-refractivity contribution < 1.29 is 19.1 Å². The van der Waals surface area contributed by atoms with Gasteiger partial charge in [-0.3, -0.25) is 14.4 Å². The summed E-state index contributed by atoms with van der Waals surface area (Å²) in [4.78, 5) is 36.0. The molecule has 6 nitrogen and oxygen atoms in total. The highest BCUT2D eigenvalue weighted by Crippen LogP contribution is 2.23. The number of rotatable bonds is 7.